The van der Waals surface area contributed by atoms with Crippen molar-refractivity contribution in [2.24, 2.45) is 0 Å². The van der Waals surface area contributed by atoms with Crippen molar-refractivity contribution in [3.05, 3.63) is 327 Å². The fraction of sp³-hybridized carbons (Fsp3) is 0.130. The van der Waals surface area contributed by atoms with Gasteiger partial charge in [0.05, 0.1) is 128 Å². The maximum atomic E-state index is 9.47. The quantitative estimate of drug-likeness (QED) is 0.0673. The van der Waals surface area contributed by atoms with Crippen molar-refractivity contribution in [1.29, 1.82) is 5.26 Å². The molecule has 0 saturated carbocycles. The van der Waals surface area contributed by atoms with E-state index in [1.807, 2.05) is 259 Å². The highest BCUT2D eigenvalue weighted by Gasteiger charge is 2.16. The minimum atomic E-state index is -0.0347. The zero-order valence-electron chi connectivity index (χ0n) is 63.3. The van der Waals surface area contributed by atoms with Crippen molar-refractivity contribution in [2.45, 2.75) is 41.2 Å². The van der Waals surface area contributed by atoms with Gasteiger partial charge in [0.25, 0.3) is 0 Å². The lowest BCUT2D eigenvalue weighted by Gasteiger charge is -2.12. The Morgan fingerprint density at radius 1 is 0.438 bits per heavy atom. The molecule has 1 N–H and O–H groups in total. The van der Waals surface area contributed by atoms with Gasteiger partial charge in [0.15, 0.2) is 17.1 Å². The largest absolute Gasteiger partial charge is 0.497 e. The number of allylic oxidation sites excluding steroid dienone is 1. The number of rotatable bonds is 17. The Balaban J connectivity index is 0.000000138. The van der Waals surface area contributed by atoms with Crippen LogP contribution in [0.5, 0.6) is 34.5 Å². The summed E-state index contributed by atoms with van der Waals surface area (Å²) in [6, 6.07) is 67.0. The molecular weight excluding hydrogens is 1470 g/mol. The van der Waals surface area contributed by atoms with Gasteiger partial charge in [-0.25, -0.2) is 34.5 Å². The number of fused-ring (bicyclic) bond motifs is 5. The van der Waals surface area contributed by atoms with Crippen LogP contribution < -0.4 is 28.4 Å². The fourth-order valence-electron chi connectivity index (χ4n) is 11.8. The number of methoxy groups -OCH3 is 6. The molecule has 5 aromatic heterocycles. The topological polar surface area (TPSA) is 177 Å². The van der Waals surface area contributed by atoms with E-state index < -0.39 is 0 Å². The van der Waals surface area contributed by atoms with Crippen molar-refractivity contribution in [1.82, 2.24) is 19.9 Å². The fourth-order valence-corrected chi connectivity index (χ4v) is 15.3. The molecule has 16 nitrogen and oxygen atoms in total. The molecule has 0 unspecified atom stereocenters. The molecule has 15 aromatic rings. The van der Waals surface area contributed by atoms with Crippen LogP contribution in [0.15, 0.2) is 211 Å². The molecule has 0 spiro atoms. The Bertz CT molecular complexity index is 6070. The van der Waals surface area contributed by atoms with Crippen LogP contribution >= 0.6 is 45.3 Å². The monoisotopic (exact) mass is 1550 g/mol. The zero-order chi connectivity index (χ0) is 79.2. The predicted octanol–water partition coefficient (Wildman–Crippen LogP) is 24.2. The average molecular weight is 1550 g/mol. The van der Waals surface area contributed by atoms with Crippen molar-refractivity contribution in [2.75, 3.05) is 42.7 Å². The maximum absolute atomic E-state index is 9.47. The second kappa shape index (κ2) is 38.2. The molecule has 20 heteroatoms. The van der Waals surface area contributed by atoms with Gasteiger partial charge in [-0.15, -0.1) is 45.3 Å². The SMILES string of the molecule is COc1cc(/C=C/c2nc3ccccc3s2)cc(OC)c1C.Cc1ccc(/C(C#N)=C/c2coc3ccccc23)cc1CO.[C-]#[N+]/C(=C\c1nc2ccccc2s1)c1cc(C)cc(OC)c1.[C-]#[N+]/C(=C\c1nc2ccccc2s1)c1cc(OC)c(C)c(OC)c1.[C-]#[N+]/C(=C\c1nc2ccccc2s1)c1ccc(C)c(OC)c1. The number of hydrogen-bond acceptors (Lipinski definition) is 17. The van der Waals surface area contributed by atoms with Gasteiger partial charge in [-0.05, 0) is 218 Å². The lowest BCUT2D eigenvalue weighted by atomic mass is 9.99. The van der Waals surface area contributed by atoms with Crippen LogP contribution in [0.1, 0.15) is 86.8 Å². The molecule has 556 valence electrons. The summed E-state index contributed by atoms with van der Waals surface area (Å²) in [7, 11) is 9.83. The molecule has 0 aliphatic rings. The summed E-state index contributed by atoms with van der Waals surface area (Å²) in [6.45, 7) is 32.3. The molecule has 5 heterocycles. The van der Waals surface area contributed by atoms with E-state index in [0.717, 1.165) is 157 Å². The first-order chi connectivity index (χ1) is 54.5. The summed E-state index contributed by atoms with van der Waals surface area (Å²) >= 11 is 6.42. The van der Waals surface area contributed by atoms with Gasteiger partial charge in [0, 0.05) is 22.1 Å². The number of para-hydroxylation sites is 5. The molecular formula is C92H76N8O8S4. The van der Waals surface area contributed by atoms with Crippen LogP contribution in [0, 0.1) is 65.7 Å². The summed E-state index contributed by atoms with van der Waals surface area (Å²) in [5.41, 5.74) is 17.9. The molecule has 15 rings (SSSR count). The lowest BCUT2D eigenvalue weighted by molar-refractivity contribution is 0.281. The van der Waals surface area contributed by atoms with Crippen LogP contribution in [0.25, 0.3) is 125 Å². The maximum Gasteiger partial charge on any atom is 0.197 e. The van der Waals surface area contributed by atoms with E-state index in [4.69, 9.17) is 52.6 Å². The zero-order valence-corrected chi connectivity index (χ0v) is 66.6. The van der Waals surface area contributed by atoms with Gasteiger partial charge in [0.2, 0.25) is 0 Å². The highest BCUT2D eigenvalue weighted by Crippen LogP contribution is 2.38. The number of aliphatic hydroxyl groups excluding tert-OH is 1. The average Bonchev–Trinajstić information content (AvgIpc) is 1.42. The molecule has 0 fully saturated rings. The van der Waals surface area contributed by atoms with Crippen LogP contribution in [0.4, 0.5) is 0 Å². The number of hydrogen-bond donors (Lipinski definition) is 1. The summed E-state index contributed by atoms with van der Waals surface area (Å²) in [4.78, 5) is 29.3. The smallest absolute Gasteiger partial charge is 0.197 e. The summed E-state index contributed by atoms with van der Waals surface area (Å²) in [5.74, 6) is 4.59. The van der Waals surface area contributed by atoms with Crippen molar-refractivity contribution in [3.63, 3.8) is 0 Å². The van der Waals surface area contributed by atoms with E-state index in [1.165, 1.54) is 4.70 Å². The highest BCUT2D eigenvalue weighted by molar-refractivity contribution is 7.20. The molecule has 0 atom stereocenters. The number of ether oxygens (including phenoxy) is 6. The van der Waals surface area contributed by atoms with Crippen LogP contribution in [-0.4, -0.2) is 67.7 Å². The molecule has 0 amide bonds. The molecule has 0 aliphatic heterocycles. The summed E-state index contributed by atoms with van der Waals surface area (Å²) in [6.07, 6.45) is 13.0. The van der Waals surface area contributed by atoms with E-state index in [9.17, 15) is 10.4 Å². The molecule has 0 radical (unpaired) electrons. The summed E-state index contributed by atoms with van der Waals surface area (Å²) in [5, 5.41) is 23.3. The second-order valence-electron chi connectivity index (χ2n) is 25.0. The first-order valence-electron chi connectivity index (χ1n) is 34.9. The number of nitriles is 1. The van der Waals surface area contributed by atoms with Gasteiger partial charge >= 0.3 is 0 Å². The molecule has 112 heavy (non-hydrogen) atoms. The van der Waals surface area contributed by atoms with Gasteiger partial charge in [0.1, 0.15) is 60.1 Å². The van der Waals surface area contributed by atoms with Crippen LogP contribution in [-0.2, 0) is 6.61 Å². The van der Waals surface area contributed by atoms with Crippen molar-refractivity contribution >= 4 is 156 Å². The van der Waals surface area contributed by atoms with Crippen LogP contribution in [0.2, 0.25) is 0 Å². The first kappa shape index (κ1) is 79.8. The minimum Gasteiger partial charge on any atom is -0.497 e. The number of aryl methyl sites for hydroxylation is 3. The molecule has 0 saturated heterocycles. The van der Waals surface area contributed by atoms with Crippen molar-refractivity contribution < 1.29 is 37.9 Å². The molecule has 0 bridgehead atoms. The Morgan fingerprint density at radius 2 is 0.857 bits per heavy atom. The third-order valence-electron chi connectivity index (χ3n) is 17.7. The molecule has 10 aromatic carbocycles. The highest BCUT2D eigenvalue weighted by atomic mass is 32.1. The Hall–Kier alpha value is -13.3. The number of furan rings is 1. The number of thiazole rings is 4. The van der Waals surface area contributed by atoms with E-state index in [-0.39, 0.29) is 6.61 Å². The van der Waals surface area contributed by atoms with E-state index in [1.54, 1.807) is 100 Å². The van der Waals surface area contributed by atoms with Gasteiger partial charge in [-0.3, -0.25) is 0 Å². The summed E-state index contributed by atoms with van der Waals surface area (Å²) < 4.78 is 42.3. The number of benzene rings is 10. The minimum absolute atomic E-state index is 0.0347. The standard InChI is InChI=1S/C19H16N2O2S.C19H15NO2.2C18H14N2OS.C18H17NO2S/c1-12-16(22-3)9-13(10-17(12)23-4)15(20-2)11-19-21-14-7-5-6-8-18(14)24-19;1-13-6-7-14(8-16(13)11-21)15(10-20)9-17-12-22-19-5-3-2-4-18(17)19;1-12-8-13(10-14(9-12)21-3)16(19-2)11-18-20-15-6-4-5-7-17(15)22-18;1-12-8-9-13(10-16(12)21-3)15(19-2)11-18-20-14-6-4-5-7-17(14)22-18;1-12-15(20-2)10-13(11-16(12)21-3)8-9-18-19-14-6-4-5-7-17(14)22-18/h5-11H,1,3-4H3;2-9,12,21H,11H2,1H3;2*4-11H,1,3H3;4-11H,1-3H3/b15-11-;15-9+;16-11-;15-11-;9-8+. The predicted molar refractivity (Wildman–Crippen MR) is 462 cm³/mol. The van der Waals surface area contributed by atoms with E-state index >= 15 is 0 Å². The van der Waals surface area contributed by atoms with Gasteiger partial charge < -0.3 is 37.9 Å². The normalized spacial score (nSPS) is 11.4. The number of aliphatic hydroxyl groups is 1. The third-order valence-corrected chi connectivity index (χ3v) is 21.6. The van der Waals surface area contributed by atoms with Gasteiger partial charge in [-0.1, -0.05) is 103 Å². The Labute approximate surface area is 666 Å². The van der Waals surface area contributed by atoms with Gasteiger partial charge in [-0.2, -0.15) is 5.26 Å². The third kappa shape index (κ3) is 19.8. The Morgan fingerprint density at radius 3 is 1.32 bits per heavy atom. The second-order valence-corrected chi connectivity index (χ2v) is 29.2. The lowest BCUT2D eigenvalue weighted by Crippen LogP contribution is -1.94. The first-order valence-corrected chi connectivity index (χ1v) is 38.2. The van der Waals surface area contributed by atoms with E-state index in [2.05, 4.69) is 46.6 Å². The van der Waals surface area contributed by atoms with Crippen LogP contribution in [0.3, 0.4) is 0 Å². The van der Waals surface area contributed by atoms with Crippen molar-refractivity contribution in [3.8, 4) is 40.6 Å². The number of nitrogens with zero attached hydrogens (tertiary/aromatic N) is 8. The van der Waals surface area contributed by atoms with E-state index in [0.29, 0.717) is 34.2 Å². The number of aromatic nitrogens is 4. The Kier molecular flexibility index (Phi) is 27.2. The molecule has 0 aliphatic carbocycles.